The van der Waals surface area contributed by atoms with Crippen LogP contribution in [0.3, 0.4) is 0 Å². The van der Waals surface area contributed by atoms with Gasteiger partial charge in [-0.3, -0.25) is 9.80 Å². The zero-order chi connectivity index (χ0) is 17.6. The standard InChI is InChI=1S/C18H42N4/c1-10-18(8,22(11-2)12-3)17(6,7)21(9)16(4,5)15-20-14-13-19/h20H,10-15,19H2,1-9H3. The molecular formula is C18H42N4. The molecule has 0 aliphatic heterocycles. The molecule has 0 aliphatic rings. The quantitative estimate of drug-likeness (QED) is 0.575. The highest BCUT2D eigenvalue weighted by molar-refractivity contribution is 5.07. The van der Waals surface area contributed by atoms with Crippen LogP contribution in [0.25, 0.3) is 0 Å². The highest BCUT2D eigenvalue weighted by Gasteiger charge is 2.49. The van der Waals surface area contributed by atoms with Crippen molar-refractivity contribution in [1.29, 1.82) is 0 Å². The van der Waals surface area contributed by atoms with Crippen molar-refractivity contribution >= 4 is 0 Å². The van der Waals surface area contributed by atoms with Gasteiger partial charge >= 0.3 is 0 Å². The molecular weight excluding hydrogens is 272 g/mol. The van der Waals surface area contributed by atoms with Crippen molar-refractivity contribution in [2.75, 3.05) is 39.8 Å². The molecule has 134 valence electrons. The van der Waals surface area contributed by atoms with Gasteiger partial charge in [0.1, 0.15) is 0 Å². The van der Waals surface area contributed by atoms with Gasteiger partial charge in [-0.15, -0.1) is 0 Å². The van der Waals surface area contributed by atoms with Crippen LogP contribution in [-0.2, 0) is 0 Å². The number of hydrogen-bond donors (Lipinski definition) is 2. The minimum atomic E-state index is 0.0572. The van der Waals surface area contributed by atoms with Crippen molar-refractivity contribution in [3.05, 3.63) is 0 Å². The molecule has 0 rings (SSSR count). The molecule has 0 saturated carbocycles. The largest absolute Gasteiger partial charge is 0.329 e. The predicted octanol–water partition coefficient (Wildman–Crippen LogP) is 2.53. The number of hydrogen-bond acceptors (Lipinski definition) is 4. The van der Waals surface area contributed by atoms with Gasteiger partial charge in [0.25, 0.3) is 0 Å². The number of likely N-dealkylation sites (N-methyl/N-ethyl adjacent to an activating group) is 2. The Balaban J connectivity index is 5.38. The third kappa shape index (κ3) is 4.44. The van der Waals surface area contributed by atoms with E-state index in [1.807, 2.05) is 0 Å². The normalized spacial score (nSPS) is 16.4. The number of nitrogens with one attached hydrogen (secondary N) is 1. The van der Waals surface area contributed by atoms with Crippen LogP contribution in [0.1, 0.15) is 61.8 Å². The first kappa shape index (κ1) is 21.8. The average molecular weight is 315 g/mol. The van der Waals surface area contributed by atoms with E-state index in [-0.39, 0.29) is 16.6 Å². The first-order chi connectivity index (χ1) is 10.0. The fourth-order valence-corrected chi connectivity index (χ4v) is 3.70. The van der Waals surface area contributed by atoms with Gasteiger partial charge in [-0.1, -0.05) is 20.8 Å². The average Bonchev–Trinajstić information content (AvgIpc) is 2.47. The fourth-order valence-electron chi connectivity index (χ4n) is 3.70. The van der Waals surface area contributed by atoms with Crippen molar-refractivity contribution < 1.29 is 0 Å². The van der Waals surface area contributed by atoms with Crippen LogP contribution in [0.2, 0.25) is 0 Å². The van der Waals surface area contributed by atoms with Crippen LogP contribution < -0.4 is 11.1 Å². The molecule has 1 unspecified atom stereocenters. The molecule has 3 N–H and O–H groups in total. The van der Waals surface area contributed by atoms with Gasteiger partial charge in [0.15, 0.2) is 0 Å². The van der Waals surface area contributed by atoms with E-state index in [1.165, 1.54) is 0 Å². The van der Waals surface area contributed by atoms with Gasteiger partial charge in [0.05, 0.1) is 0 Å². The van der Waals surface area contributed by atoms with E-state index < -0.39 is 0 Å². The van der Waals surface area contributed by atoms with Gasteiger partial charge in [-0.25, -0.2) is 0 Å². The van der Waals surface area contributed by atoms with Crippen molar-refractivity contribution in [2.24, 2.45) is 5.73 Å². The first-order valence-electron chi connectivity index (χ1n) is 8.94. The van der Waals surface area contributed by atoms with Crippen LogP contribution in [0.5, 0.6) is 0 Å². The summed E-state index contributed by atoms with van der Waals surface area (Å²) in [6.07, 6.45) is 1.14. The van der Waals surface area contributed by atoms with Gasteiger partial charge in [-0.05, 0) is 61.2 Å². The van der Waals surface area contributed by atoms with E-state index in [9.17, 15) is 0 Å². The number of rotatable bonds is 11. The van der Waals surface area contributed by atoms with Crippen LogP contribution in [0.15, 0.2) is 0 Å². The maximum Gasteiger partial charge on any atom is 0.0356 e. The molecule has 0 bridgehead atoms. The van der Waals surface area contributed by atoms with Gasteiger partial charge < -0.3 is 11.1 Å². The smallest absolute Gasteiger partial charge is 0.0356 e. The Labute approximate surface area is 139 Å². The summed E-state index contributed by atoms with van der Waals surface area (Å²) in [6.45, 7) is 23.4. The molecule has 0 heterocycles. The van der Waals surface area contributed by atoms with Crippen molar-refractivity contribution in [2.45, 2.75) is 78.4 Å². The van der Waals surface area contributed by atoms with Crippen LogP contribution in [0.4, 0.5) is 0 Å². The van der Waals surface area contributed by atoms with Crippen LogP contribution >= 0.6 is 0 Å². The fraction of sp³-hybridized carbons (Fsp3) is 1.00. The van der Waals surface area contributed by atoms with E-state index in [0.29, 0.717) is 6.54 Å². The van der Waals surface area contributed by atoms with Crippen molar-refractivity contribution in [3.63, 3.8) is 0 Å². The summed E-state index contributed by atoms with van der Waals surface area (Å²) in [5.41, 5.74) is 5.87. The summed E-state index contributed by atoms with van der Waals surface area (Å²) in [5.74, 6) is 0. The topological polar surface area (TPSA) is 44.5 Å². The molecule has 0 spiro atoms. The third-order valence-electron chi connectivity index (χ3n) is 6.09. The highest BCUT2D eigenvalue weighted by Crippen LogP contribution is 2.38. The molecule has 22 heavy (non-hydrogen) atoms. The lowest BCUT2D eigenvalue weighted by atomic mass is 9.74. The molecule has 0 aliphatic carbocycles. The van der Waals surface area contributed by atoms with E-state index in [1.54, 1.807) is 0 Å². The molecule has 1 atom stereocenters. The van der Waals surface area contributed by atoms with Gasteiger partial charge in [0.2, 0.25) is 0 Å². The molecule has 0 aromatic heterocycles. The Kier molecular flexibility index (Phi) is 8.56. The number of nitrogens with zero attached hydrogens (tertiary/aromatic N) is 2. The van der Waals surface area contributed by atoms with E-state index in [0.717, 1.165) is 32.6 Å². The predicted molar refractivity (Wildman–Crippen MR) is 99.5 cm³/mol. The minimum absolute atomic E-state index is 0.0572. The summed E-state index contributed by atoms with van der Waals surface area (Å²) in [7, 11) is 2.27. The molecule has 4 heteroatoms. The monoisotopic (exact) mass is 314 g/mol. The van der Waals surface area contributed by atoms with E-state index >= 15 is 0 Å². The summed E-state index contributed by atoms with van der Waals surface area (Å²) in [4.78, 5) is 5.15. The zero-order valence-corrected chi connectivity index (χ0v) is 16.7. The minimum Gasteiger partial charge on any atom is -0.329 e. The summed E-state index contributed by atoms with van der Waals surface area (Å²) in [5, 5.41) is 3.47. The van der Waals surface area contributed by atoms with Crippen LogP contribution in [0, 0.1) is 0 Å². The Morgan fingerprint density at radius 3 is 1.82 bits per heavy atom. The van der Waals surface area contributed by atoms with Gasteiger partial charge in [0, 0.05) is 36.3 Å². The van der Waals surface area contributed by atoms with E-state index in [4.69, 9.17) is 5.73 Å². The Bertz CT molecular complexity index is 310. The Hall–Kier alpha value is -0.160. The molecule has 0 amide bonds. The lowest BCUT2D eigenvalue weighted by molar-refractivity contribution is -0.0729. The highest BCUT2D eigenvalue weighted by atomic mass is 15.3. The number of nitrogens with two attached hydrogens (primary N) is 1. The SMILES string of the molecule is CCN(CC)C(C)(CC)C(C)(C)N(C)C(C)(C)CNCCN. The molecule has 0 radical (unpaired) electrons. The molecule has 0 aromatic rings. The second kappa shape index (κ2) is 8.62. The van der Waals surface area contributed by atoms with Crippen LogP contribution in [-0.4, -0.2) is 66.2 Å². The lowest BCUT2D eigenvalue weighted by Crippen LogP contribution is -2.70. The summed E-state index contributed by atoms with van der Waals surface area (Å²) in [6, 6.07) is 0. The van der Waals surface area contributed by atoms with Crippen molar-refractivity contribution in [1.82, 2.24) is 15.1 Å². The summed E-state index contributed by atoms with van der Waals surface area (Å²) < 4.78 is 0. The third-order valence-corrected chi connectivity index (χ3v) is 6.09. The first-order valence-corrected chi connectivity index (χ1v) is 8.94. The maximum atomic E-state index is 5.60. The second-order valence-corrected chi connectivity index (χ2v) is 7.70. The maximum absolute atomic E-state index is 5.60. The Morgan fingerprint density at radius 1 is 0.955 bits per heavy atom. The van der Waals surface area contributed by atoms with E-state index in [2.05, 4.69) is 77.6 Å². The van der Waals surface area contributed by atoms with Gasteiger partial charge in [-0.2, -0.15) is 0 Å². The zero-order valence-electron chi connectivity index (χ0n) is 16.7. The molecule has 4 nitrogen and oxygen atoms in total. The molecule has 0 fully saturated rings. The Morgan fingerprint density at radius 2 is 1.45 bits per heavy atom. The molecule has 0 aromatic carbocycles. The second-order valence-electron chi connectivity index (χ2n) is 7.70. The molecule has 0 saturated heterocycles. The summed E-state index contributed by atoms with van der Waals surface area (Å²) >= 11 is 0. The lowest BCUT2D eigenvalue weighted by Gasteiger charge is -2.58. The van der Waals surface area contributed by atoms with Crippen molar-refractivity contribution in [3.8, 4) is 0 Å².